The summed E-state index contributed by atoms with van der Waals surface area (Å²) in [6, 6.07) is 17.6. The van der Waals surface area contributed by atoms with Gasteiger partial charge >= 0.3 is 0 Å². The van der Waals surface area contributed by atoms with E-state index in [2.05, 4.69) is 48.5 Å². The summed E-state index contributed by atoms with van der Waals surface area (Å²) in [4.78, 5) is 0. The lowest BCUT2D eigenvalue weighted by Gasteiger charge is -2.28. The Labute approximate surface area is 115 Å². The lowest BCUT2D eigenvalue weighted by molar-refractivity contribution is 0.420. The highest BCUT2D eigenvalue weighted by Crippen LogP contribution is 2.41. The molecule has 2 aromatic carbocycles. The van der Waals surface area contributed by atoms with Crippen LogP contribution < -0.4 is 5.73 Å². The van der Waals surface area contributed by atoms with E-state index in [1.807, 2.05) is 6.92 Å². The van der Waals surface area contributed by atoms with Gasteiger partial charge in [0.15, 0.2) is 0 Å². The number of benzene rings is 2. The Morgan fingerprint density at radius 1 is 1.00 bits per heavy atom. The van der Waals surface area contributed by atoms with Crippen LogP contribution in [0.5, 0.6) is 0 Å². The molecule has 1 fully saturated rings. The monoisotopic (exact) mass is 251 g/mol. The van der Waals surface area contributed by atoms with Gasteiger partial charge in [-0.2, -0.15) is 0 Å². The maximum Gasteiger partial charge on any atom is 0.0266 e. The molecule has 0 radical (unpaired) electrons. The van der Waals surface area contributed by atoms with Gasteiger partial charge in [-0.25, -0.2) is 0 Å². The molecule has 0 aromatic heterocycles. The second-order valence-electron chi connectivity index (χ2n) is 5.63. The highest BCUT2D eigenvalue weighted by atomic mass is 14.6. The van der Waals surface area contributed by atoms with Gasteiger partial charge in [-0.15, -0.1) is 0 Å². The summed E-state index contributed by atoms with van der Waals surface area (Å²) in [5, 5.41) is 0. The topological polar surface area (TPSA) is 26.0 Å². The van der Waals surface area contributed by atoms with Gasteiger partial charge in [0.1, 0.15) is 0 Å². The molecule has 0 aliphatic heterocycles. The van der Waals surface area contributed by atoms with Gasteiger partial charge < -0.3 is 5.73 Å². The highest BCUT2D eigenvalue weighted by molar-refractivity contribution is 5.68. The molecule has 3 rings (SSSR count). The van der Waals surface area contributed by atoms with E-state index >= 15 is 0 Å². The second kappa shape index (κ2) is 5.18. The minimum atomic E-state index is 0.107. The third kappa shape index (κ3) is 2.43. The molecule has 1 saturated carbocycles. The molecule has 2 N–H and O–H groups in total. The Morgan fingerprint density at radius 2 is 1.68 bits per heavy atom. The van der Waals surface area contributed by atoms with Crippen LogP contribution in [0.4, 0.5) is 0 Å². The van der Waals surface area contributed by atoms with Crippen molar-refractivity contribution in [3.05, 3.63) is 59.7 Å². The van der Waals surface area contributed by atoms with Crippen molar-refractivity contribution < 1.29 is 0 Å². The summed E-state index contributed by atoms with van der Waals surface area (Å²) in [7, 11) is 0. The molecule has 98 valence electrons. The van der Waals surface area contributed by atoms with Gasteiger partial charge in [-0.3, -0.25) is 0 Å². The number of hydrogen-bond acceptors (Lipinski definition) is 1. The normalized spacial score (nSPS) is 16.9. The van der Waals surface area contributed by atoms with Gasteiger partial charge in [0, 0.05) is 6.04 Å². The summed E-state index contributed by atoms with van der Waals surface area (Å²) < 4.78 is 0. The smallest absolute Gasteiger partial charge is 0.0266 e. The maximum absolute atomic E-state index is 5.91. The standard InChI is InChI=1S/C18H21N/c1-13(19)14-9-11-16(12-10-14)18-8-3-2-7-17(18)15-5-4-6-15/h2-3,7-13,15H,4-6,19H2,1H3. The lowest BCUT2D eigenvalue weighted by Crippen LogP contribution is -2.10. The third-order valence-electron chi connectivity index (χ3n) is 4.25. The maximum atomic E-state index is 5.91. The summed E-state index contributed by atoms with van der Waals surface area (Å²) in [5.74, 6) is 0.768. The van der Waals surface area contributed by atoms with Crippen LogP contribution in [-0.4, -0.2) is 0 Å². The Bertz CT molecular complexity index is 550. The molecular formula is C18H21N. The average Bonchev–Trinajstić information content (AvgIpc) is 2.37. The molecule has 0 amide bonds. The van der Waals surface area contributed by atoms with Crippen molar-refractivity contribution in [2.75, 3.05) is 0 Å². The number of hydrogen-bond donors (Lipinski definition) is 1. The second-order valence-corrected chi connectivity index (χ2v) is 5.63. The van der Waals surface area contributed by atoms with Gasteiger partial charge in [0.2, 0.25) is 0 Å². The largest absolute Gasteiger partial charge is 0.324 e. The molecule has 19 heavy (non-hydrogen) atoms. The van der Waals surface area contributed by atoms with Crippen molar-refractivity contribution in [1.82, 2.24) is 0 Å². The molecule has 2 aromatic rings. The van der Waals surface area contributed by atoms with E-state index in [4.69, 9.17) is 5.73 Å². The Hall–Kier alpha value is -1.60. The number of nitrogens with two attached hydrogens (primary N) is 1. The molecule has 1 aliphatic carbocycles. The van der Waals surface area contributed by atoms with Crippen molar-refractivity contribution in [3.8, 4) is 11.1 Å². The quantitative estimate of drug-likeness (QED) is 0.845. The zero-order chi connectivity index (χ0) is 13.2. The van der Waals surface area contributed by atoms with Crippen LogP contribution >= 0.6 is 0 Å². The molecule has 0 spiro atoms. The summed E-state index contributed by atoms with van der Waals surface area (Å²) >= 11 is 0. The van der Waals surface area contributed by atoms with Crippen LogP contribution in [0.3, 0.4) is 0 Å². The van der Waals surface area contributed by atoms with E-state index < -0.39 is 0 Å². The molecule has 1 unspecified atom stereocenters. The van der Waals surface area contributed by atoms with Crippen LogP contribution in [0.2, 0.25) is 0 Å². The average molecular weight is 251 g/mol. The first-order valence-electron chi connectivity index (χ1n) is 7.20. The van der Waals surface area contributed by atoms with Crippen LogP contribution in [0, 0.1) is 0 Å². The van der Waals surface area contributed by atoms with Crippen molar-refractivity contribution in [2.45, 2.75) is 38.1 Å². The van der Waals surface area contributed by atoms with Crippen molar-refractivity contribution in [3.63, 3.8) is 0 Å². The molecule has 0 bridgehead atoms. The minimum Gasteiger partial charge on any atom is -0.324 e. The van der Waals surface area contributed by atoms with Crippen molar-refractivity contribution in [1.29, 1.82) is 0 Å². The van der Waals surface area contributed by atoms with Crippen LogP contribution in [0.1, 0.15) is 49.3 Å². The summed E-state index contributed by atoms with van der Waals surface area (Å²) in [6.07, 6.45) is 4.06. The Balaban J connectivity index is 1.97. The van der Waals surface area contributed by atoms with Crippen molar-refractivity contribution >= 4 is 0 Å². The molecule has 1 aliphatic rings. The minimum absolute atomic E-state index is 0.107. The summed E-state index contributed by atoms with van der Waals surface area (Å²) in [6.45, 7) is 2.03. The first-order chi connectivity index (χ1) is 9.25. The number of rotatable bonds is 3. The molecule has 1 heteroatoms. The van der Waals surface area contributed by atoms with Crippen LogP contribution in [0.15, 0.2) is 48.5 Å². The molecule has 0 heterocycles. The highest BCUT2D eigenvalue weighted by Gasteiger charge is 2.22. The molecule has 1 nitrogen and oxygen atoms in total. The van der Waals surface area contributed by atoms with E-state index in [1.54, 1.807) is 0 Å². The van der Waals surface area contributed by atoms with Crippen LogP contribution in [-0.2, 0) is 0 Å². The van der Waals surface area contributed by atoms with E-state index in [0.717, 1.165) is 5.92 Å². The SMILES string of the molecule is CC(N)c1ccc(-c2ccccc2C2CCC2)cc1. The van der Waals surface area contributed by atoms with Gasteiger partial charge in [-0.05, 0) is 47.9 Å². The molecule has 1 atom stereocenters. The Morgan fingerprint density at radius 3 is 2.26 bits per heavy atom. The third-order valence-corrected chi connectivity index (χ3v) is 4.25. The summed E-state index contributed by atoms with van der Waals surface area (Å²) in [5.41, 5.74) is 11.3. The van der Waals surface area contributed by atoms with Crippen LogP contribution in [0.25, 0.3) is 11.1 Å². The van der Waals surface area contributed by atoms with Gasteiger partial charge in [0.25, 0.3) is 0 Å². The first kappa shape index (κ1) is 12.4. The predicted octanol–water partition coefficient (Wildman–Crippen LogP) is 4.64. The Kier molecular flexibility index (Phi) is 3.39. The van der Waals surface area contributed by atoms with E-state index in [9.17, 15) is 0 Å². The van der Waals surface area contributed by atoms with E-state index in [1.165, 1.54) is 41.5 Å². The fraction of sp³-hybridized carbons (Fsp3) is 0.333. The fourth-order valence-corrected chi connectivity index (χ4v) is 2.80. The molecular weight excluding hydrogens is 230 g/mol. The van der Waals surface area contributed by atoms with Gasteiger partial charge in [-0.1, -0.05) is 55.0 Å². The van der Waals surface area contributed by atoms with Crippen molar-refractivity contribution in [2.24, 2.45) is 5.73 Å². The zero-order valence-corrected chi connectivity index (χ0v) is 11.5. The first-order valence-corrected chi connectivity index (χ1v) is 7.20. The lowest BCUT2D eigenvalue weighted by atomic mass is 9.77. The van der Waals surface area contributed by atoms with E-state index in [-0.39, 0.29) is 6.04 Å². The zero-order valence-electron chi connectivity index (χ0n) is 11.5. The predicted molar refractivity (Wildman–Crippen MR) is 81.1 cm³/mol. The van der Waals surface area contributed by atoms with E-state index in [0.29, 0.717) is 0 Å². The molecule has 0 saturated heterocycles. The van der Waals surface area contributed by atoms with Gasteiger partial charge in [0.05, 0.1) is 0 Å². The fourth-order valence-electron chi connectivity index (χ4n) is 2.80.